The van der Waals surface area contributed by atoms with Gasteiger partial charge in [0.05, 0.1) is 11.7 Å². The van der Waals surface area contributed by atoms with Gasteiger partial charge < -0.3 is 5.73 Å². The fraction of sp³-hybridized carbons (Fsp3) is 0.300. The van der Waals surface area contributed by atoms with Crippen LogP contribution in [0.3, 0.4) is 0 Å². The van der Waals surface area contributed by atoms with Gasteiger partial charge in [0.25, 0.3) is 0 Å². The van der Waals surface area contributed by atoms with Gasteiger partial charge in [-0.2, -0.15) is 0 Å². The molecule has 1 rings (SSSR count). The van der Waals surface area contributed by atoms with Crippen molar-refractivity contribution in [1.29, 1.82) is 0 Å². The Morgan fingerprint density at radius 2 is 2.31 bits per heavy atom. The minimum absolute atomic E-state index is 0. The lowest BCUT2D eigenvalue weighted by atomic mass is 10.1. The summed E-state index contributed by atoms with van der Waals surface area (Å²) in [5, 5.41) is 0. The van der Waals surface area contributed by atoms with E-state index in [4.69, 9.17) is 5.73 Å². The molecule has 0 amide bonds. The number of rotatable bonds is 3. The summed E-state index contributed by atoms with van der Waals surface area (Å²) in [6, 6.07) is 5.76. The van der Waals surface area contributed by atoms with Crippen LogP contribution in [-0.2, 0) is 0 Å². The quantitative estimate of drug-likeness (QED) is 0.758. The molecular weight excluding hydrogens is 184 g/mol. The number of hydrogen-bond donors (Lipinski definition) is 1. The molecule has 0 bridgehead atoms. The van der Waals surface area contributed by atoms with Crippen LogP contribution in [0.25, 0.3) is 0 Å². The number of halogens is 1. The number of nitrogens with zero attached hydrogens (tertiary/aromatic N) is 1. The van der Waals surface area contributed by atoms with E-state index in [1.165, 1.54) is 0 Å². The molecule has 0 unspecified atom stereocenters. The van der Waals surface area contributed by atoms with Gasteiger partial charge in [0.1, 0.15) is 0 Å². The molecule has 0 radical (unpaired) electrons. The van der Waals surface area contributed by atoms with E-state index in [9.17, 15) is 0 Å². The molecule has 1 atom stereocenters. The lowest BCUT2D eigenvalue weighted by Crippen LogP contribution is -2.11. The Kier molecular flexibility index (Phi) is 5.35. The van der Waals surface area contributed by atoms with Crippen LogP contribution in [0.2, 0.25) is 0 Å². The monoisotopic (exact) mass is 198 g/mol. The van der Waals surface area contributed by atoms with E-state index in [1.807, 2.05) is 25.1 Å². The lowest BCUT2D eigenvalue weighted by Gasteiger charge is -2.09. The Bertz CT molecular complexity index is 259. The summed E-state index contributed by atoms with van der Waals surface area (Å²) in [7, 11) is 0. The molecule has 2 nitrogen and oxygen atoms in total. The highest BCUT2D eigenvalue weighted by Crippen LogP contribution is 2.14. The molecule has 0 saturated heterocycles. The first-order chi connectivity index (χ1) is 5.70. The van der Waals surface area contributed by atoms with Gasteiger partial charge in [0.2, 0.25) is 0 Å². The van der Waals surface area contributed by atoms with E-state index < -0.39 is 0 Å². The van der Waals surface area contributed by atoms with Gasteiger partial charge >= 0.3 is 0 Å². The van der Waals surface area contributed by atoms with Crippen LogP contribution in [0.5, 0.6) is 0 Å². The predicted octanol–water partition coefficient (Wildman–Crippen LogP) is 2.47. The zero-order valence-corrected chi connectivity index (χ0v) is 8.55. The maximum atomic E-state index is 5.87. The Labute approximate surface area is 85.3 Å². The first-order valence-corrected chi connectivity index (χ1v) is 4.01. The topological polar surface area (TPSA) is 38.9 Å². The van der Waals surface area contributed by atoms with E-state index in [2.05, 4.69) is 11.6 Å². The molecule has 2 N–H and O–H groups in total. The molecular formula is C10H15ClN2. The molecule has 3 heteroatoms. The van der Waals surface area contributed by atoms with Gasteiger partial charge in [0, 0.05) is 6.20 Å². The summed E-state index contributed by atoms with van der Waals surface area (Å²) in [5.41, 5.74) is 7.89. The van der Waals surface area contributed by atoms with Crippen LogP contribution in [0.1, 0.15) is 25.1 Å². The van der Waals surface area contributed by atoms with Crippen molar-refractivity contribution in [2.75, 3.05) is 0 Å². The van der Waals surface area contributed by atoms with Crippen LogP contribution < -0.4 is 5.73 Å². The van der Waals surface area contributed by atoms with Crippen LogP contribution >= 0.6 is 12.4 Å². The largest absolute Gasteiger partial charge is 0.322 e. The molecule has 1 aromatic rings. The van der Waals surface area contributed by atoms with Crippen molar-refractivity contribution in [1.82, 2.24) is 4.98 Å². The van der Waals surface area contributed by atoms with Crippen molar-refractivity contribution in [3.8, 4) is 0 Å². The summed E-state index contributed by atoms with van der Waals surface area (Å²) in [6.07, 6.45) is 2.56. The van der Waals surface area contributed by atoms with Crippen LogP contribution in [0.15, 0.2) is 36.5 Å². The number of nitrogens with two attached hydrogens (primary N) is 1. The predicted molar refractivity (Wildman–Crippen MR) is 57.8 cm³/mol. The van der Waals surface area contributed by atoms with Crippen molar-refractivity contribution in [3.63, 3.8) is 0 Å². The summed E-state index contributed by atoms with van der Waals surface area (Å²) >= 11 is 0. The van der Waals surface area contributed by atoms with E-state index in [0.29, 0.717) is 0 Å². The SMILES string of the molecule is C=C(C)C[C@H](N)c1ccccn1.Cl. The average molecular weight is 199 g/mol. The van der Waals surface area contributed by atoms with Crippen LogP contribution in [0, 0.1) is 0 Å². The van der Waals surface area contributed by atoms with Gasteiger partial charge in [-0.1, -0.05) is 11.6 Å². The van der Waals surface area contributed by atoms with Gasteiger partial charge in [0.15, 0.2) is 0 Å². The summed E-state index contributed by atoms with van der Waals surface area (Å²) in [6.45, 7) is 5.79. The first-order valence-electron chi connectivity index (χ1n) is 4.01. The Morgan fingerprint density at radius 1 is 1.62 bits per heavy atom. The molecule has 72 valence electrons. The highest BCUT2D eigenvalue weighted by Gasteiger charge is 2.05. The van der Waals surface area contributed by atoms with Crippen molar-refractivity contribution < 1.29 is 0 Å². The zero-order valence-electron chi connectivity index (χ0n) is 7.73. The van der Waals surface area contributed by atoms with Crippen molar-refractivity contribution in [2.45, 2.75) is 19.4 Å². The molecule has 13 heavy (non-hydrogen) atoms. The molecule has 0 aliphatic carbocycles. The Hall–Kier alpha value is -0.860. The standard InChI is InChI=1S/C10H14N2.ClH/c1-8(2)7-9(11)10-5-3-4-6-12-10;/h3-6,9H,1,7,11H2,2H3;1H/t9-;/m0./s1. The van der Waals surface area contributed by atoms with Crippen molar-refractivity contribution in [3.05, 3.63) is 42.2 Å². The molecule has 1 heterocycles. The first kappa shape index (κ1) is 12.1. The fourth-order valence-corrected chi connectivity index (χ4v) is 1.08. The number of aromatic nitrogens is 1. The van der Waals surface area contributed by atoms with Crippen LogP contribution in [-0.4, -0.2) is 4.98 Å². The number of hydrogen-bond acceptors (Lipinski definition) is 2. The van der Waals surface area contributed by atoms with Crippen LogP contribution in [0.4, 0.5) is 0 Å². The molecule has 0 aromatic carbocycles. The van der Waals surface area contributed by atoms with E-state index in [-0.39, 0.29) is 18.4 Å². The third-order valence-electron chi connectivity index (χ3n) is 1.64. The summed E-state index contributed by atoms with van der Waals surface area (Å²) in [4.78, 5) is 4.17. The minimum Gasteiger partial charge on any atom is -0.322 e. The minimum atomic E-state index is -0.0105. The molecule has 0 aliphatic heterocycles. The second kappa shape index (κ2) is 5.73. The normalized spacial score (nSPS) is 11.5. The Morgan fingerprint density at radius 3 is 2.77 bits per heavy atom. The number of pyridine rings is 1. The maximum Gasteiger partial charge on any atom is 0.0574 e. The third kappa shape index (κ3) is 4.06. The summed E-state index contributed by atoms with van der Waals surface area (Å²) < 4.78 is 0. The second-order valence-electron chi connectivity index (χ2n) is 3.02. The molecule has 0 spiro atoms. The zero-order chi connectivity index (χ0) is 8.97. The van der Waals surface area contributed by atoms with E-state index in [1.54, 1.807) is 6.20 Å². The second-order valence-corrected chi connectivity index (χ2v) is 3.02. The van der Waals surface area contributed by atoms with Gasteiger partial charge in [-0.25, -0.2) is 0 Å². The highest BCUT2D eigenvalue weighted by molar-refractivity contribution is 5.85. The Balaban J connectivity index is 0.00000144. The van der Waals surface area contributed by atoms with Crippen molar-refractivity contribution >= 4 is 12.4 Å². The van der Waals surface area contributed by atoms with Gasteiger partial charge in [-0.3, -0.25) is 4.98 Å². The summed E-state index contributed by atoms with van der Waals surface area (Å²) in [5.74, 6) is 0. The van der Waals surface area contributed by atoms with Gasteiger partial charge in [-0.15, -0.1) is 19.0 Å². The molecule has 0 aliphatic rings. The fourth-order valence-electron chi connectivity index (χ4n) is 1.08. The maximum absolute atomic E-state index is 5.87. The van der Waals surface area contributed by atoms with Gasteiger partial charge in [-0.05, 0) is 25.5 Å². The van der Waals surface area contributed by atoms with E-state index in [0.717, 1.165) is 17.7 Å². The van der Waals surface area contributed by atoms with E-state index >= 15 is 0 Å². The van der Waals surface area contributed by atoms with Crippen molar-refractivity contribution in [2.24, 2.45) is 5.73 Å². The molecule has 1 aromatic heterocycles. The third-order valence-corrected chi connectivity index (χ3v) is 1.64. The average Bonchev–Trinajstić information content (AvgIpc) is 2.05. The lowest BCUT2D eigenvalue weighted by molar-refractivity contribution is 0.692. The molecule has 0 fully saturated rings. The smallest absolute Gasteiger partial charge is 0.0574 e. The molecule has 0 saturated carbocycles. The highest BCUT2D eigenvalue weighted by atomic mass is 35.5.